The summed E-state index contributed by atoms with van der Waals surface area (Å²) in [5, 5.41) is 0.831. The van der Waals surface area contributed by atoms with Gasteiger partial charge in [0.05, 0.1) is 17.9 Å². The third-order valence-electron chi connectivity index (χ3n) is 3.89. The van der Waals surface area contributed by atoms with Crippen LogP contribution in [0.1, 0.15) is 17.3 Å². The molecule has 0 unspecified atom stereocenters. The van der Waals surface area contributed by atoms with Crippen molar-refractivity contribution in [1.82, 2.24) is 0 Å². The molecular formula is C16H10F13NO3. The molecule has 1 N–H and O–H groups in total. The second-order valence-corrected chi connectivity index (χ2v) is 6.09. The van der Waals surface area contributed by atoms with Gasteiger partial charge < -0.3 is 10.1 Å². The lowest BCUT2D eigenvalue weighted by Crippen LogP contribution is -2.71. The van der Waals surface area contributed by atoms with Crippen LogP contribution in [0.15, 0.2) is 24.3 Å². The third kappa shape index (κ3) is 4.40. The van der Waals surface area contributed by atoms with Crippen LogP contribution in [-0.4, -0.2) is 54.3 Å². The van der Waals surface area contributed by atoms with Crippen LogP contribution in [0.4, 0.5) is 62.8 Å². The average molecular weight is 511 g/mol. The summed E-state index contributed by atoms with van der Waals surface area (Å²) < 4.78 is 175. The highest BCUT2D eigenvalue weighted by molar-refractivity contribution is 6.03. The Hall–Kier alpha value is -2.75. The first kappa shape index (κ1) is 28.3. The van der Waals surface area contributed by atoms with Gasteiger partial charge in [-0.05, 0) is 19.1 Å². The molecule has 0 aromatic heterocycles. The first-order valence-electron chi connectivity index (χ1n) is 8.14. The number of hydrogen-bond donors (Lipinski definition) is 1. The summed E-state index contributed by atoms with van der Waals surface area (Å²) in [6.07, 6.45) is -7.56. The molecule has 0 radical (unpaired) electrons. The van der Waals surface area contributed by atoms with Crippen LogP contribution < -0.4 is 5.32 Å². The van der Waals surface area contributed by atoms with Gasteiger partial charge in [0.25, 0.3) is 0 Å². The first-order chi connectivity index (χ1) is 14.6. The van der Waals surface area contributed by atoms with Crippen molar-refractivity contribution in [2.24, 2.45) is 0 Å². The average Bonchev–Trinajstić information content (AvgIpc) is 2.66. The lowest BCUT2D eigenvalue weighted by atomic mass is 9.93. The first-order valence-corrected chi connectivity index (χ1v) is 8.14. The zero-order chi connectivity index (χ0) is 26.3. The highest BCUT2D eigenvalue weighted by Crippen LogP contribution is 2.60. The van der Waals surface area contributed by atoms with Crippen molar-refractivity contribution in [2.75, 3.05) is 11.9 Å². The summed E-state index contributed by atoms with van der Waals surface area (Å²) >= 11 is 0. The number of halogens is 13. The number of rotatable bonds is 8. The molecule has 1 aromatic carbocycles. The minimum Gasteiger partial charge on any atom is -0.462 e. The molecule has 4 nitrogen and oxygen atoms in total. The van der Waals surface area contributed by atoms with Gasteiger partial charge in [-0.2, -0.15) is 57.1 Å². The van der Waals surface area contributed by atoms with E-state index < -0.39 is 58.9 Å². The fourth-order valence-electron chi connectivity index (χ4n) is 2.09. The van der Waals surface area contributed by atoms with Crippen molar-refractivity contribution in [3.63, 3.8) is 0 Å². The molecule has 0 aliphatic carbocycles. The van der Waals surface area contributed by atoms with E-state index in [1.807, 2.05) is 0 Å². The van der Waals surface area contributed by atoms with Gasteiger partial charge in [-0.15, -0.1) is 0 Å². The smallest absolute Gasteiger partial charge is 0.460 e. The summed E-state index contributed by atoms with van der Waals surface area (Å²) in [7, 11) is 0. The molecule has 17 heteroatoms. The number of carbonyl (C=O) groups is 2. The van der Waals surface area contributed by atoms with E-state index in [-0.39, 0.29) is 6.61 Å². The fraction of sp³-hybridized carbons (Fsp3) is 0.500. The third-order valence-corrected chi connectivity index (χ3v) is 3.89. The van der Waals surface area contributed by atoms with Crippen LogP contribution in [-0.2, 0) is 9.53 Å². The molecule has 0 bridgehead atoms. The summed E-state index contributed by atoms with van der Waals surface area (Å²) in [5.74, 6) is -43.8. The molecule has 0 saturated carbocycles. The molecule has 1 amide bonds. The number of carbonyl (C=O) groups excluding carboxylic acids is 2. The van der Waals surface area contributed by atoms with Crippen molar-refractivity contribution < 1.29 is 71.4 Å². The standard InChI is InChI=1S/C16H10F13NO3/c1-2-33-9(31)7-5-3-4-6-8(7)30-10(32)11(17,18)12(19,20)13(21,22)14(23,24)15(25,26)16(27,28)29/h3-6H,2H2,1H3,(H,30,32). The Bertz CT molecular complexity index is 896. The number of anilines is 1. The topological polar surface area (TPSA) is 55.4 Å². The number of para-hydroxylation sites is 1. The van der Waals surface area contributed by atoms with Crippen LogP contribution in [0.3, 0.4) is 0 Å². The van der Waals surface area contributed by atoms with Gasteiger partial charge in [0, 0.05) is 0 Å². The fourth-order valence-corrected chi connectivity index (χ4v) is 2.09. The number of amides is 1. The molecule has 0 fully saturated rings. The summed E-state index contributed by atoms with van der Waals surface area (Å²) in [5.41, 5.74) is -1.90. The molecule has 0 aliphatic heterocycles. The largest absolute Gasteiger partial charge is 0.462 e. The van der Waals surface area contributed by atoms with Crippen molar-refractivity contribution in [1.29, 1.82) is 0 Å². The zero-order valence-electron chi connectivity index (χ0n) is 15.7. The number of hydrogen-bond acceptors (Lipinski definition) is 3. The highest BCUT2D eigenvalue weighted by atomic mass is 19.4. The number of esters is 1. The second-order valence-electron chi connectivity index (χ2n) is 6.09. The predicted molar refractivity (Wildman–Crippen MR) is 81.8 cm³/mol. The van der Waals surface area contributed by atoms with E-state index in [1.165, 1.54) is 6.92 Å². The molecular weight excluding hydrogens is 501 g/mol. The van der Waals surface area contributed by atoms with Crippen LogP contribution >= 0.6 is 0 Å². The Morgan fingerprint density at radius 3 is 1.67 bits per heavy atom. The number of nitrogens with one attached hydrogen (secondary N) is 1. The number of alkyl halides is 13. The van der Waals surface area contributed by atoms with Gasteiger partial charge >= 0.3 is 47.7 Å². The van der Waals surface area contributed by atoms with E-state index in [0.29, 0.717) is 6.07 Å². The van der Waals surface area contributed by atoms with Gasteiger partial charge in [-0.3, -0.25) is 4.79 Å². The molecule has 1 rings (SSSR count). The van der Waals surface area contributed by atoms with Gasteiger partial charge in [0.2, 0.25) is 0 Å². The second kappa shape index (κ2) is 8.55. The molecule has 33 heavy (non-hydrogen) atoms. The van der Waals surface area contributed by atoms with Crippen LogP contribution in [0, 0.1) is 0 Å². The van der Waals surface area contributed by atoms with Crippen LogP contribution in [0.2, 0.25) is 0 Å². The van der Waals surface area contributed by atoms with Gasteiger partial charge in [-0.1, -0.05) is 12.1 Å². The van der Waals surface area contributed by atoms with Crippen LogP contribution in [0.25, 0.3) is 0 Å². The van der Waals surface area contributed by atoms with E-state index >= 15 is 0 Å². The summed E-state index contributed by atoms with van der Waals surface area (Å²) in [4.78, 5) is 23.2. The van der Waals surface area contributed by atoms with Crippen LogP contribution in [0.5, 0.6) is 0 Å². The van der Waals surface area contributed by atoms with Crippen molar-refractivity contribution in [3.8, 4) is 0 Å². The number of benzene rings is 1. The van der Waals surface area contributed by atoms with E-state index in [0.717, 1.165) is 23.5 Å². The van der Waals surface area contributed by atoms with Crippen molar-refractivity contribution in [2.45, 2.75) is 42.7 Å². The quantitative estimate of drug-likeness (QED) is 0.369. The SMILES string of the molecule is CCOC(=O)c1ccccc1NC(=O)C(F)(F)C(F)(F)C(F)(F)C(F)(F)C(F)(F)C(F)(F)F. The lowest BCUT2D eigenvalue weighted by Gasteiger charge is -2.39. The molecule has 0 saturated heterocycles. The molecule has 0 aliphatic rings. The lowest BCUT2D eigenvalue weighted by molar-refractivity contribution is -0.435. The monoisotopic (exact) mass is 511 g/mol. The summed E-state index contributed by atoms with van der Waals surface area (Å²) in [6, 6.07) is 3.25. The maximum atomic E-state index is 13.9. The minimum absolute atomic E-state index is 0.329. The van der Waals surface area contributed by atoms with Crippen molar-refractivity contribution in [3.05, 3.63) is 29.8 Å². The Balaban J connectivity index is 3.45. The molecule has 188 valence electrons. The Morgan fingerprint density at radius 1 is 0.758 bits per heavy atom. The normalized spacial score (nSPS) is 14.1. The van der Waals surface area contributed by atoms with E-state index in [1.54, 1.807) is 0 Å². The Labute approximate surface area is 174 Å². The van der Waals surface area contributed by atoms with Gasteiger partial charge in [0.1, 0.15) is 0 Å². The Kier molecular flexibility index (Phi) is 7.33. The summed E-state index contributed by atoms with van der Waals surface area (Å²) in [6.45, 7) is 0.927. The predicted octanol–water partition coefficient (Wildman–Crippen LogP) is 5.54. The van der Waals surface area contributed by atoms with E-state index in [2.05, 4.69) is 4.74 Å². The zero-order valence-corrected chi connectivity index (χ0v) is 15.7. The molecule has 0 spiro atoms. The molecule has 0 atom stereocenters. The number of ether oxygens (including phenoxy) is 1. The van der Waals surface area contributed by atoms with E-state index in [4.69, 9.17) is 0 Å². The molecule has 0 heterocycles. The molecule has 1 aromatic rings. The van der Waals surface area contributed by atoms with Gasteiger partial charge in [-0.25, -0.2) is 4.79 Å². The highest BCUT2D eigenvalue weighted by Gasteiger charge is 2.91. The minimum atomic E-state index is -8.13. The maximum Gasteiger partial charge on any atom is 0.460 e. The van der Waals surface area contributed by atoms with Crippen molar-refractivity contribution >= 4 is 17.6 Å². The maximum absolute atomic E-state index is 13.9. The van der Waals surface area contributed by atoms with Gasteiger partial charge in [0.15, 0.2) is 0 Å². The Morgan fingerprint density at radius 2 is 1.21 bits per heavy atom. The van der Waals surface area contributed by atoms with E-state index in [9.17, 15) is 66.7 Å².